The summed E-state index contributed by atoms with van der Waals surface area (Å²) < 4.78 is 36.5. The van der Waals surface area contributed by atoms with Gasteiger partial charge in [-0.25, -0.2) is 8.42 Å². The van der Waals surface area contributed by atoms with E-state index in [1.165, 1.54) is 20.1 Å². The van der Waals surface area contributed by atoms with Gasteiger partial charge in [-0.1, -0.05) is 29.8 Å². The summed E-state index contributed by atoms with van der Waals surface area (Å²) >= 11 is 6.02. The zero-order chi connectivity index (χ0) is 20.7. The topological polar surface area (TPSA) is 84.9 Å². The Morgan fingerprint density at radius 2 is 1.89 bits per heavy atom. The minimum absolute atomic E-state index is 0.195. The summed E-state index contributed by atoms with van der Waals surface area (Å²) in [6.07, 6.45) is 1.02. The average Bonchev–Trinajstić information content (AvgIpc) is 2.65. The fraction of sp³-hybridized carbons (Fsp3) is 0.316. The number of sulfonamides is 1. The molecular formula is C19H23ClN2O5S. The molecule has 2 aromatic rings. The summed E-state index contributed by atoms with van der Waals surface area (Å²) in [7, 11) is -2.37. The molecule has 2 aromatic carbocycles. The number of para-hydroxylation sites is 1. The fourth-order valence-corrected chi connectivity index (χ4v) is 3.96. The van der Waals surface area contributed by atoms with E-state index in [2.05, 4.69) is 5.32 Å². The molecule has 0 aliphatic carbocycles. The summed E-state index contributed by atoms with van der Waals surface area (Å²) in [6, 6.07) is 12.7. The van der Waals surface area contributed by atoms with Gasteiger partial charge in [-0.15, -0.1) is 0 Å². The number of hydrogen-bond acceptors (Lipinski definition) is 5. The molecule has 0 unspecified atom stereocenters. The molecule has 0 spiro atoms. The lowest BCUT2D eigenvalue weighted by molar-refractivity contribution is -0.121. The van der Waals surface area contributed by atoms with Crippen molar-refractivity contribution in [2.45, 2.75) is 13.0 Å². The molecule has 0 heterocycles. The normalized spacial score (nSPS) is 12.1. The van der Waals surface area contributed by atoms with Gasteiger partial charge in [-0.05, 0) is 37.3 Å². The van der Waals surface area contributed by atoms with Crippen LogP contribution in [-0.4, -0.2) is 46.9 Å². The Hall–Kier alpha value is -2.45. The maximum atomic E-state index is 12.6. The maximum Gasteiger partial charge on any atom is 0.243 e. The highest BCUT2D eigenvalue weighted by molar-refractivity contribution is 7.92. The quantitative estimate of drug-likeness (QED) is 0.623. The van der Waals surface area contributed by atoms with Crippen molar-refractivity contribution >= 4 is 33.2 Å². The van der Waals surface area contributed by atoms with Crippen LogP contribution < -0.4 is 19.1 Å². The lowest BCUT2D eigenvalue weighted by Gasteiger charge is -2.29. The number of benzene rings is 2. The van der Waals surface area contributed by atoms with Crippen LogP contribution in [-0.2, 0) is 14.8 Å². The van der Waals surface area contributed by atoms with Crippen LogP contribution >= 0.6 is 11.6 Å². The first-order valence-electron chi connectivity index (χ1n) is 8.52. The number of nitrogens with one attached hydrogen (secondary N) is 1. The molecule has 0 aliphatic heterocycles. The summed E-state index contributed by atoms with van der Waals surface area (Å²) in [4.78, 5) is 12.6. The highest BCUT2D eigenvalue weighted by Gasteiger charge is 2.31. The predicted octanol–water partition coefficient (Wildman–Crippen LogP) is 2.70. The number of rotatable bonds is 9. The Morgan fingerprint density at radius 1 is 1.21 bits per heavy atom. The number of methoxy groups -OCH3 is 1. The largest absolute Gasteiger partial charge is 0.495 e. The monoisotopic (exact) mass is 426 g/mol. The molecule has 28 heavy (non-hydrogen) atoms. The molecule has 2 rings (SSSR count). The summed E-state index contributed by atoms with van der Waals surface area (Å²) in [6.45, 7) is 1.97. The number of nitrogens with zero attached hydrogens (tertiary/aromatic N) is 1. The Bertz CT molecular complexity index is 906. The molecule has 1 N–H and O–H groups in total. The van der Waals surface area contributed by atoms with Crippen molar-refractivity contribution in [1.82, 2.24) is 5.32 Å². The van der Waals surface area contributed by atoms with E-state index >= 15 is 0 Å². The molecule has 9 heteroatoms. The number of ether oxygens (including phenoxy) is 2. The van der Waals surface area contributed by atoms with Crippen LogP contribution in [0.2, 0.25) is 5.02 Å². The number of carbonyl (C=O) groups excluding carboxylic acids is 1. The lowest BCUT2D eigenvalue weighted by Crippen LogP contribution is -2.48. The van der Waals surface area contributed by atoms with E-state index in [9.17, 15) is 13.2 Å². The Kier molecular flexibility index (Phi) is 7.53. The van der Waals surface area contributed by atoms with Gasteiger partial charge in [0.05, 0.1) is 25.6 Å². The lowest BCUT2D eigenvalue weighted by atomic mass is 10.2. The second kappa shape index (κ2) is 9.66. The molecule has 1 atom stereocenters. The number of carbonyl (C=O) groups is 1. The molecule has 0 saturated carbocycles. The second-order valence-corrected chi connectivity index (χ2v) is 8.30. The Balaban J connectivity index is 2.09. The van der Waals surface area contributed by atoms with Crippen molar-refractivity contribution in [1.29, 1.82) is 0 Å². The van der Waals surface area contributed by atoms with Gasteiger partial charge < -0.3 is 14.8 Å². The van der Waals surface area contributed by atoms with Crippen molar-refractivity contribution in [3.05, 3.63) is 53.6 Å². The molecule has 0 bridgehead atoms. The zero-order valence-electron chi connectivity index (χ0n) is 15.9. The first-order valence-corrected chi connectivity index (χ1v) is 10.7. The van der Waals surface area contributed by atoms with Crippen molar-refractivity contribution < 1.29 is 22.7 Å². The molecule has 0 fully saturated rings. The second-order valence-electron chi connectivity index (χ2n) is 6.00. The number of anilines is 1. The van der Waals surface area contributed by atoms with Gasteiger partial charge in [-0.3, -0.25) is 9.10 Å². The zero-order valence-corrected chi connectivity index (χ0v) is 17.5. The summed E-state index contributed by atoms with van der Waals surface area (Å²) in [5.41, 5.74) is 0.195. The van der Waals surface area contributed by atoms with E-state index in [0.29, 0.717) is 16.5 Å². The van der Waals surface area contributed by atoms with E-state index in [1.54, 1.807) is 24.3 Å². The van der Waals surface area contributed by atoms with Crippen LogP contribution in [0, 0.1) is 0 Å². The standard InChI is InChI=1S/C19H23ClN2O5S/c1-14(19(23)21-11-12-27-16-7-5-4-6-8-16)22(28(3,24)25)17-13-15(20)9-10-18(17)26-2/h4-10,13-14H,11-12H2,1-3H3,(H,21,23)/t14-/m0/s1. The number of hydrogen-bond donors (Lipinski definition) is 1. The van der Waals surface area contributed by atoms with Gasteiger partial charge in [0.25, 0.3) is 0 Å². The maximum absolute atomic E-state index is 12.6. The van der Waals surface area contributed by atoms with Crippen LogP contribution in [0.3, 0.4) is 0 Å². The van der Waals surface area contributed by atoms with Gasteiger partial charge >= 0.3 is 0 Å². The third-order valence-electron chi connectivity index (χ3n) is 3.88. The molecule has 0 aliphatic rings. The van der Waals surface area contributed by atoms with Gasteiger partial charge in [0.1, 0.15) is 24.1 Å². The molecule has 152 valence electrons. The predicted molar refractivity (Wildman–Crippen MR) is 110 cm³/mol. The van der Waals surface area contributed by atoms with E-state index in [1.807, 2.05) is 18.2 Å². The molecule has 7 nitrogen and oxygen atoms in total. The van der Waals surface area contributed by atoms with Gasteiger partial charge in [0, 0.05) is 5.02 Å². The minimum atomic E-state index is -3.78. The highest BCUT2D eigenvalue weighted by atomic mass is 35.5. The molecule has 0 saturated heterocycles. The fourth-order valence-electron chi connectivity index (χ4n) is 2.62. The third-order valence-corrected chi connectivity index (χ3v) is 5.34. The van der Waals surface area contributed by atoms with E-state index < -0.39 is 22.0 Å². The van der Waals surface area contributed by atoms with E-state index in [0.717, 1.165) is 10.6 Å². The SMILES string of the molecule is COc1ccc(Cl)cc1N([C@@H](C)C(=O)NCCOc1ccccc1)S(C)(=O)=O. The van der Waals surface area contributed by atoms with E-state index in [-0.39, 0.29) is 18.8 Å². The Labute approximate surface area is 170 Å². The summed E-state index contributed by atoms with van der Waals surface area (Å²) in [5, 5.41) is 3.01. The molecule has 0 radical (unpaired) electrons. The van der Waals surface area contributed by atoms with Crippen molar-refractivity contribution in [2.75, 3.05) is 30.8 Å². The number of halogens is 1. The van der Waals surface area contributed by atoms with Crippen LogP contribution in [0.15, 0.2) is 48.5 Å². The van der Waals surface area contributed by atoms with Crippen LogP contribution in [0.5, 0.6) is 11.5 Å². The Morgan fingerprint density at radius 3 is 2.50 bits per heavy atom. The smallest absolute Gasteiger partial charge is 0.243 e. The van der Waals surface area contributed by atoms with Gasteiger partial charge in [0.15, 0.2) is 0 Å². The van der Waals surface area contributed by atoms with Crippen molar-refractivity contribution in [2.24, 2.45) is 0 Å². The molecule has 0 aromatic heterocycles. The third kappa shape index (κ3) is 5.77. The van der Waals surface area contributed by atoms with Crippen LogP contribution in [0.25, 0.3) is 0 Å². The molecular weight excluding hydrogens is 404 g/mol. The first kappa shape index (κ1) is 21.8. The average molecular weight is 427 g/mol. The van der Waals surface area contributed by atoms with Crippen molar-refractivity contribution in [3.8, 4) is 11.5 Å². The minimum Gasteiger partial charge on any atom is -0.495 e. The first-order chi connectivity index (χ1) is 13.2. The van der Waals surface area contributed by atoms with Crippen molar-refractivity contribution in [3.63, 3.8) is 0 Å². The number of amides is 1. The summed E-state index contributed by atoms with van der Waals surface area (Å²) in [5.74, 6) is 0.511. The van der Waals surface area contributed by atoms with Crippen LogP contribution in [0.4, 0.5) is 5.69 Å². The van der Waals surface area contributed by atoms with E-state index in [4.69, 9.17) is 21.1 Å². The van der Waals surface area contributed by atoms with Crippen LogP contribution in [0.1, 0.15) is 6.92 Å². The molecule has 1 amide bonds. The van der Waals surface area contributed by atoms with Gasteiger partial charge in [0.2, 0.25) is 15.9 Å². The highest BCUT2D eigenvalue weighted by Crippen LogP contribution is 2.34. The van der Waals surface area contributed by atoms with Gasteiger partial charge in [-0.2, -0.15) is 0 Å².